The Morgan fingerprint density at radius 1 is 0.562 bits per heavy atom. The number of rotatable bonds is 0. The zero-order valence-electron chi connectivity index (χ0n) is 9.70. The van der Waals surface area contributed by atoms with E-state index in [1.165, 1.54) is 0 Å². The van der Waals surface area contributed by atoms with Gasteiger partial charge in [-0.05, 0) is 25.7 Å². The molecule has 0 saturated carbocycles. The molecule has 92 valence electrons. The van der Waals surface area contributed by atoms with Gasteiger partial charge >= 0.3 is 0 Å². The van der Waals surface area contributed by atoms with Gasteiger partial charge in [-0.25, -0.2) is 0 Å². The topological polar surface area (TPSA) is 36.9 Å². The van der Waals surface area contributed by atoms with Crippen LogP contribution >= 0.6 is 0 Å². The average Bonchev–Trinajstić information content (AvgIpc) is 2.36. The van der Waals surface area contributed by atoms with Gasteiger partial charge in [-0.1, -0.05) is 0 Å². The molecule has 0 aromatic heterocycles. The van der Waals surface area contributed by atoms with Gasteiger partial charge in [0.1, 0.15) is 13.2 Å². The minimum Gasteiger partial charge on any atom is -0.348 e. The highest BCUT2D eigenvalue weighted by Gasteiger charge is 2.47. The first-order chi connectivity index (χ1) is 7.83. The molecule has 3 aliphatic rings. The van der Waals surface area contributed by atoms with Crippen molar-refractivity contribution in [2.24, 2.45) is 0 Å². The molecule has 3 rings (SSSR count). The lowest BCUT2D eigenvalue weighted by Gasteiger charge is -2.48. The molecule has 0 N–H and O–H groups in total. The van der Waals surface area contributed by atoms with Crippen LogP contribution in [0.15, 0.2) is 0 Å². The molecule has 0 aromatic rings. The van der Waals surface area contributed by atoms with E-state index >= 15 is 0 Å². The molecular weight excluding hydrogens is 208 g/mol. The van der Waals surface area contributed by atoms with E-state index in [0.29, 0.717) is 13.2 Å². The van der Waals surface area contributed by atoms with Gasteiger partial charge in [0.15, 0.2) is 11.6 Å². The SMILES string of the molecule is C1CC[C@@]2(CO[C@]3(CCCCO3)CO2)OC1. The zero-order chi connectivity index (χ0) is 10.9. The molecule has 0 aromatic carbocycles. The van der Waals surface area contributed by atoms with Crippen molar-refractivity contribution in [3.63, 3.8) is 0 Å². The summed E-state index contributed by atoms with van der Waals surface area (Å²) in [7, 11) is 0. The molecule has 3 aliphatic heterocycles. The van der Waals surface area contributed by atoms with E-state index < -0.39 is 11.6 Å². The first-order valence-electron chi connectivity index (χ1n) is 6.39. The van der Waals surface area contributed by atoms with Gasteiger partial charge in [0.2, 0.25) is 0 Å². The van der Waals surface area contributed by atoms with Crippen molar-refractivity contribution >= 4 is 0 Å². The fourth-order valence-electron chi connectivity index (χ4n) is 2.68. The largest absolute Gasteiger partial charge is 0.348 e. The van der Waals surface area contributed by atoms with Crippen LogP contribution in [0, 0.1) is 0 Å². The van der Waals surface area contributed by atoms with Gasteiger partial charge in [0.25, 0.3) is 0 Å². The van der Waals surface area contributed by atoms with Crippen LogP contribution in [-0.2, 0) is 18.9 Å². The van der Waals surface area contributed by atoms with Crippen molar-refractivity contribution in [2.75, 3.05) is 26.4 Å². The van der Waals surface area contributed by atoms with Crippen LogP contribution in [-0.4, -0.2) is 38.0 Å². The van der Waals surface area contributed by atoms with Crippen LogP contribution < -0.4 is 0 Å². The second kappa shape index (κ2) is 4.26. The number of hydrogen-bond acceptors (Lipinski definition) is 4. The molecule has 2 atom stereocenters. The Balaban J connectivity index is 1.61. The second-order valence-corrected chi connectivity index (χ2v) is 5.01. The molecule has 3 fully saturated rings. The summed E-state index contributed by atoms with van der Waals surface area (Å²) in [6, 6.07) is 0. The second-order valence-electron chi connectivity index (χ2n) is 5.01. The Bertz CT molecular complexity index is 203. The zero-order valence-corrected chi connectivity index (χ0v) is 9.70. The maximum absolute atomic E-state index is 5.93. The maximum atomic E-state index is 5.93. The molecule has 3 heterocycles. The van der Waals surface area contributed by atoms with Crippen molar-refractivity contribution in [3.8, 4) is 0 Å². The summed E-state index contributed by atoms with van der Waals surface area (Å²) >= 11 is 0. The fraction of sp³-hybridized carbons (Fsp3) is 1.00. The first-order valence-corrected chi connectivity index (χ1v) is 6.39. The highest BCUT2D eigenvalue weighted by molar-refractivity contribution is 4.84. The van der Waals surface area contributed by atoms with E-state index in [4.69, 9.17) is 18.9 Å². The molecule has 0 bridgehead atoms. The summed E-state index contributed by atoms with van der Waals surface area (Å²) < 4.78 is 23.3. The van der Waals surface area contributed by atoms with E-state index in [1.54, 1.807) is 0 Å². The summed E-state index contributed by atoms with van der Waals surface area (Å²) in [5, 5.41) is 0. The van der Waals surface area contributed by atoms with Crippen LogP contribution in [0.3, 0.4) is 0 Å². The molecule has 0 amide bonds. The lowest BCUT2D eigenvalue weighted by Crippen LogP contribution is -2.57. The Morgan fingerprint density at radius 2 is 1.06 bits per heavy atom. The Hall–Kier alpha value is -0.160. The molecule has 16 heavy (non-hydrogen) atoms. The molecule has 0 unspecified atom stereocenters. The van der Waals surface area contributed by atoms with E-state index in [9.17, 15) is 0 Å². The van der Waals surface area contributed by atoms with Gasteiger partial charge < -0.3 is 18.9 Å². The van der Waals surface area contributed by atoms with Crippen LogP contribution in [0.4, 0.5) is 0 Å². The lowest BCUT2D eigenvalue weighted by molar-refractivity contribution is -0.398. The normalized spacial score (nSPS) is 45.0. The van der Waals surface area contributed by atoms with Crippen LogP contribution in [0.1, 0.15) is 38.5 Å². The predicted molar refractivity (Wildman–Crippen MR) is 57.0 cm³/mol. The third kappa shape index (κ3) is 1.99. The monoisotopic (exact) mass is 228 g/mol. The summed E-state index contributed by atoms with van der Waals surface area (Å²) in [5.74, 6) is -0.936. The van der Waals surface area contributed by atoms with Gasteiger partial charge in [-0.15, -0.1) is 0 Å². The van der Waals surface area contributed by atoms with Crippen molar-refractivity contribution in [1.29, 1.82) is 0 Å². The maximum Gasteiger partial charge on any atom is 0.192 e. The molecule has 4 nitrogen and oxygen atoms in total. The van der Waals surface area contributed by atoms with Crippen LogP contribution in [0.5, 0.6) is 0 Å². The van der Waals surface area contributed by atoms with Crippen molar-refractivity contribution < 1.29 is 18.9 Å². The van der Waals surface area contributed by atoms with E-state index in [0.717, 1.165) is 51.7 Å². The minimum absolute atomic E-state index is 0.468. The fourth-order valence-corrected chi connectivity index (χ4v) is 2.68. The van der Waals surface area contributed by atoms with E-state index in [-0.39, 0.29) is 0 Å². The molecule has 3 saturated heterocycles. The quantitative estimate of drug-likeness (QED) is 0.634. The van der Waals surface area contributed by atoms with Crippen molar-refractivity contribution in [2.45, 2.75) is 50.1 Å². The van der Waals surface area contributed by atoms with Gasteiger partial charge in [0, 0.05) is 12.8 Å². The number of ether oxygens (including phenoxy) is 4. The summed E-state index contributed by atoms with van der Waals surface area (Å²) in [6.07, 6.45) is 6.49. The number of hydrogen-bond donors (Lipinski definition) is 0. The van der Waals surface area contributed by atoms with Crippen molar-refractivity contribution in [1.82, 2.24) is 0 Å². The third-order valence-electron chi connectivity index (χ3n) is 3.74. The standard InChI is InChI=1S/C12H20O4/c1-3-7-13-11(5-1)9-16-12(10-15-11)6-2-4-8-14-12/h1-10H2/t11-,12-/m1/s1. The van der Waals surface area contributed by atoms with E-state index in [1.807, 2.05) is 0 Å². The first kappa shape index (κ1) is 11.0. The highest BCUT2D eigenvalue weighted by atomic mass is 16.8. The molecule has 4 heteroatoms. The highest BCUT2D eigenvalue weighted by Crippen LogP contribution is 2.37. The Morgan fingerprint density at radius 3 is 1.38 bits per heavy atom. The Kier molecular flexibility index (Phi) is 2.92. The third-order valence-corrected chi connectivity index (χ3v) is 3.74. The van der Waals surface area contributed by atoms with Gasteiger partial charge in [-0.3, -0.25) is 0 Å². The molecule has 0 aliphatic carbocycles. The van der Waals surface area contributed by atoms with Gasteiger partial charge in [-0.2, -0.15) is 0 Å². The predicted octanol–water partition coefficient (Wildman–Crippen LogP) is 1.83. The average molecular weight is 228 g/mol. The molecule has 2 spiro atoms. The lowest BCUT2D eigenvalue weighted by atomic mass is 10.0. The van der Waals surface area contributed by atoms with Crippen molar-refractivity contribution in [3.05, 3.63) is 0 Å². The van der Waals surface area contributed by atoms with Gasteiger partial charge in [0.05, 0.1) is 13.2 Å². The smallest absolute Gasteiger partial charge is 0.192 e. The molecular formula is C12H20O4. The van der Waals surface area contributed by atoms with Crippen LogP contribution in [0.25, 0.3) is 0 Å². The summed E-state index contributed by atoms with van der Waals surface area (Å²) in [6.45, 7) is 2.62. The van der Waals surface area contributed by atoms with E-state index in [2.05, 4.69) is 0 Å². The Labute approximate surface area is 96.2 Å². The summed E-state index contributed by atoms with van der Waals surface area (Å²) in [4.78, 5) is 0. The van der Waals surface area contributed by atoms with Crippen LogP contribution in [0.2, 0.25) is 0 Å². The minimum atomic E-state index is -0.468. The summed E-state index contributed by atoms with van der Waals surface area (Å²) in [5.41, 5.74) is 0. The molecule has 0 radical (unpaired) electrons.